The normalized spacial score (nSPS) is 18.9. The predicted molar refractivity (Wildman–Crippen MR) is 366 cm³/mol. The van der Waals surface area contributed by atoms with Crippen molar-refractivity contribution in [2.75, 3.05) is 26.1 Å². The average Bonchev–Trinajstić information content (AvgIpc) is 0.750. The Morgan fingerprint density at radius 3 is 1.53 bits per heavy atom. The van der Waals surface area contributed by atoms with Crippen molar-refractivity contribution in [2.24, 2.45) is 17.8 Å². The highest BCUT2D eigenvalue weighted by Crippen LogP contribution is 2.55. The molecule has 0 amide bonds. The lowest BCUT2D eigenvalue weighted by atomic mass is 9.30. The van der Waals surface area contributed by atoms with E-state index in [0.29, 0.717) is 12.0 Å². The minimum absolute atomic E-state index is 0.0864. The van der Waals surface area contributed by atoms with Gasteiger partial charge < -0.3 is 24.3 Å². The van der Waals surface area contributed by atoms with Crippen LogP contribution in [0.3, 0.4) is 0 Å². The third-order valence-corrected chi connectivity index (χ3v) is 20.9. The van der Waals surface area contributed by atoms with E-state index >= 15 is 0 Å². The predicted octanol–water partition coefficient (Wildman–Crippen LogP) is 16.5. The number of hydrogen-bond donors (Lipinski definition) is 0. The summed E-state index contributed by atoms with van der Waals surface area (Å²) >= 11 is 0. The van der Waals surface area contributed by atoms with E-state index in [-0.39, 0.29) is 18.8 Å². The Labute approximate surface area is 512 Å². The average molecular weight is 1120 g/mol. The molecule has 18 rings (SSSR count). The van der Waals surface area contributed by atoms with Gasteiger partial charge in [0.25, 0.3) is 13.4 Å². The van der Waals surface area contributed by atoms with Gasteiger partial charge in [-0.2, -0.15) is 0 Å². The summed E-state index contributed by atoms with van der Waals surface area (Å²) in [6.45, 7) is 7.85. The molecule has 5 nitrogen and oxygen atoms in total. The van der Waals surface area contributed by atoms with Crippen LogP contribution in [0.25, 0.3) is 33.4 Å². The first kappa shape index (κ1) is 50.8. The Kier molecular flexibility index (Phi) is 11.4. The van der Waals surface area contributed by atoms with E-state index in [2.05, 4.69) is 289 Å². The van der Waals surface area contributed by atoms with Crippen molar-refractivity contribution >= 4 is 103 Å². The zero-order valence-corrected chi connectivity index (χ0v) is 49.6. The van der Waals surface area contributed by atoms with Crippen LogP contribution >= 0.6 is 0 Å². The Bertz CT molecular complexity index is 4490. The Hall–Kier alpha value is -9.45. The van der Waals surface area contributed by atoms with Crippen LogP contribution in [-0.2, 0) is 5.41 Å². The van der Waals surface area contributed by atoms with Crippen molar-refractivity contribution in [3.05, 3.63) is 254 Å². The number of benzene rings is 11. The summed E-state index contributed by atoms with van der Waals surface area (Å²) in [5.74, 6) is 4.18. The van der Waals surface area contributed by atoms with Crippen LogP contribution in [0, 0.1) is 17.8 Å². The molecule has 1 saturated heterocycles. The first-order valence-electron chi connectivity index (χ1n) is 31.8. The second kappa shape index (κ2) is 19.5. The fourth-order valence-electron chi connectivity index (χ4n) is 17.0. The summed E-state index contributed by atoms with van der Waals surface area (Å²) in [6.07, 6.45) is 6.67. The van der Waals surface area contributed by atoms with Crippen molar-refractivity contribution in [2.45, 2.75) is 64.3 Å². The third-order valence-electron chi connectivity index (χ3n) is 20.9. The van der Waals surface area contributed by atoms with Gasteiger partial charge in [-0.05, 0) is 182 Å². The van der Waals surface area contributed by atoms with E-state index in [0.717, 1.165) is 46.9 Å². The molecular formula is C80H66B2N4O. The first-order chi connectivity index (χ1) is 42.8. The molecule has 4 unspecified atom stereocenters. The molecular weight excluding hydrogens is 1050 g/mol. The Balaban J connectivity index is 0.936. The van der Waals surface area contributed by atoms with E-state index in [1.807, 2.05) is 0 Å². The number of fused-ring (bicyclic) bond motifs is 10. The minimum atomic E-state index is -0.134. The highest BCUT2D eigenvalue weighted by molar-refractivity contribution is 7.02. The molecule has 5 heterocycles. The van der Waals surface area contributed by atoms with Gasteiger partial charge in [-0.1, -0.05) is 197 Å². The first-order valence-corrected chi connectivity index (χ1v) is 31.8. The number of rotatable bonds is 7. The monoisotopic (exact) mass is 1120 g/mol. The van der Waals surface area contributed by atoms with E-state index in [1.54, 1.807) is 0 Å². The number of piperidine rings is 1. The van der Waals surface area contributed by atoms with Crippen molar-refractivity contribution in [3.8, 4) is 44.9 Å². The quantitative estimate of drug-likeness (QED) is 0.148. The fraction of sp³-hybridized carbons (Fsp3) is 0.175. The van der Waals surface area contributed by atoms with Gasteiger partial charge in [0.05, 0.1) is 5.69 Å². The molecule has 3 bridgehead atoms. The molecule has 4 atom stereocenters. The van der Waals surface area contributed by atoms with E-state index in [9.17, 15) is 0 Å². The summed E-state index contributed by atoms with van der Waals surface area (Å²) < 4.78 is 7.62. The van der Waals surface area contributed by atoms with Crippen molar-refractivity contribution in [3.63, 3.8) is 0 Å². The second-order valence-electron chi connectivity index (χ2n) is 26.8. The van der Waals surface area contributed by atoms with Crippen LogP contribution in [0.4, 0.5) is 56.9 Å². The fourth-order valence-corrected chi connectivity index (χ4v) is 17.0. The van der Waals surface area contributed by atoms with Gasteiger partial charge in [-0.25, -0.2) is 0 Å². The molecule has 87 heavy (non-hydrogen) atoms. The Morgan fingerprint density at radius 1 is 0.379 bits per heavy atom. The van der Waals surface area contributed by atoms with Crippen molar-refractivity contribution < 1.29 is 4.74 Å². The van der Waals surface area contributed by atoms with Gasteiger partial charge in [0.2, 0.25) is 0 Å². The molecule has 2 saturated carbocycles. The van der Waals surface area contributed by atoms with Gasteiger partial charge in [0, 0.05) is 81.0 Å². The smallest absolute Gasteiger partial charge is 0.256 e. The molecule has 7 heteroatoms. The van der Waals surface area contributed by atoms with E-state index in [4.69, 9.17) is 4.74 Å². The summed E-state index contributed by atoms with van der Waals surface area (Å²) in [4.78, 5) is 10.7. The number of nitrogens with zero attached hydrogens (tertiary/aromatic N) is 4. The maximum atomic E-state index is 7.62. The van der Waals surface area contributed by atoms with Crippen LogP contribution in [0.15, 0.2) is 249 Å². The summed E-state index contributed by atoms with van der Waals surface area (Å²) in [5.41, 5.74) is 27.8. The molecule has 5 aliphatic heterocycles. The van der Waals surface area contributed by atoms with Gasteiger partial charge in [-0.15, -0.1) is 0 Å². The maximum absolute atomic E-state index is 7.62. The molecule has 7 aliphatic rings. The van der Waals surface area contributed by atoms with Gasteiger partial charge in [-0.3, -0.25) is 0 Å². The molecule has 0 spiro atoms. The zero-order valence-electron chi connectivity index (χ0n) is 49.6. The highest BCUT2D eigenvalue weighted by atomic mass is 16.5. The van der Waals surface area contributed by atoms with Crippen LogP contribution < -0.4 is 57.1 Å². The summed E-state index contributed by atoms with van der Waals surface area (Å²) in [5, 5.41) is 0. The van der Waals surface area contributed by atoms with Crippen molar-refractivity contribution in [1.82, 2.24) is 0 Å². The number of ether oxygens (including phenoxy) is 1. The SMILES string of the molecule is CC(C)(C)c1cc2c3c(c1)N(c1ccccc1)c1ccccc1B3c1cc3c(cc1O2)N(c1ccccc1)c1cc(N2CC4CCC5CC4CC2C5)cc2c1B3c1ccccc1N2c1c(-c2ccccc2)cc(-c2ccccc2)cc1-c1ccccc1. The van der Waals surface area contributed by atoms with E-state index in [1.165, 1.54) is 144 Å². The van der Waals surface area contributed by atoms with Gasteiger partial charge >= 0.3 is 0 Å². The minimum Gasteiger partial charge on any atom is -0.458 e. The second-order valence-corrected chi connectivity index (χ2v) is 26.8. The lowest BCUT2D eigenvalue weighted by Gasteiger charge is -2.54. The van der Waals surface area contributed by atoms with Crippen LogP contribution in [0.5, 0.6) is 11.5 Å². The van der Waals surface area contributed by atoms with Gasteiger partial charge in [0.15, 0.2) is 0 Å². The lowest BCUT2D eigenvalue weighted by molar-refractivity contribution is 0.0755. The lowest BCUT2D eigenvalue weighted by Crippen LogP contribution is -2.64. The third kappa shape index (κ3) is 7.94. The molecule has 0 aromatic heterocycles. The van der Waals surface area contributed by atoms with Gasteiger partial charge in [0.1, 0.15) is 11.5 Å². The van der Waals surface area contributed by atoms with Crippen LogP contribution in [-0.4, -0.2) is 26.0 Å². The molecule has 3 fully saturated rings. The molecule has 11 aromatic carbocycles. The summed E-state index contributed by atoms with van der Waals surface area (Å²) in [7, 11) is 0. The topological polar surface area (TPSA) is 22.2 Å². The summed E-state index contributed by atoms with van der Waals surface area (Å²) in [6, 6.07) is 94.6. The molecule has 2 aliphatic carbocycles. The van der Waals surface area contributed by atoms with Crippen LogP contribution in [0.1, 0.15) is 58.4 Å². The maximum Gasteiger partial charge on any atom is 0.256 e. The molecule has 0 N–H and O–H groups in total. The number of hydrogen-bond acceptors (Lipinski definition) is 5. The molecule has 0 radical (unpaired) electrons. The van der Waals surface area contributed by atoms with Crippen molar-refractivity contribution in [1.29, 1.82) is 0 Å². The van der Waals surface area contributed by atoms with Crippen LogP contribution in [0.2, 0.25) is 0 Å². The molecule has 418 valence electrons. The van der Waals surface area contributed by atoms with E-state index < -0.39 is 0 Å². The highest BCUT2D eigenvalue weighted by Gasteiger charge is 2.50. The number of para-hydroxylation sites is 4. The standard InChI is InChI=1S/C80H66B2N4O/c1-80(2,3)58-44-72-78-76(45-58)87-75-49-71-67(48-68(75)82(78)65-33-19-21-35-69(65)84(72)59-29-15-7-16-30-59)81-66-34-20-22-36-70(66)86(79-63(53-25-11-5-12-26-53)42-57(52-23-9-4-10-24-52)43-64(79)54-27-13-6-14-28-54)74-47-62(46-73(77(74)81)85(71)60-31-17-8-18-32-60)83-50-55-38-37-51-39-56(55)41-61(83)40-51/h4-36,42-49,51,55-56,61H,37-41,50H2,1-3H3. The number of anilines is 10. The molecule has 11 aromatic rings. The zero-order chi connectivity index (χ0) is 57.6. The largest absolute Gasteiger partial charge is 0.458 e. The Morgan fingerprint density at radius 2 is 0.908 bits per heavy atom.